The van der Waals surface area contributed by atoms with E-state index in [0.29, 0.717) is 10.8 Å². The summed E-state index contributed by atoms with van der Waals surface area (Å²) in [6.45, 7) is 1.71. The summed E-state index contributed by atoms with van der Waals surface area (Å²) in [7, 11) is -1.13. The summed E-state index contributed by atoms with van der Waals surface area (Å²) < 4.78 is 17.6. The van der Waals surface area contributed by atoms with Gasteiger partial charge in [0.15, 0.2) is 5.58 Å². The monoisotopic (exact) mass is 236 g/mol. The molecule has 1 aliphatic heterocycles. The SMILES string of the molecule is O=[S@@](c1nc2ccccc2o1)[C@@H]1CCNC1. The molecule has 2 aromatic rings. The van der Waals surface area contributed by atoms with Crippen molar-refractivity contribution in [2.24, 2.45) is 0 Å². The third kappa shape index (κ3) is 1.66. The topological polar surface area (TPSA) is 55.1 Å². The van der Waals surface area contributed by atoms with Gasteiger partial charge < -0.3 is 9.73 Å². The second-order valence-electron chi connectivity index (χ2n) is 3.86. The minimum absolute atomic E-state index is 0.132. The Balaban J connectivity index is 1.96. The first kappa shape index (κ1) is 9.99. The second-order valence-corrected chi connectivity index (χ2v) is 5.47. The number of rotatable bonds is 2. The first-order valence-corrected chi connectivity index (χ1v) is 6.53. The van der Waals surface area contributed by atoms with Gasteiger partial charge in [-0.15, -0.1) is 0 Å². The fourth-order valence-electron chi connectivity index (χ4n) is 1.89. The van der Waals surface area contributed by atoms with Crippen LogP contribution in [0.15, 0.2) is 33.9 Å². The van der Waals surface area contributed by atoms with Crippen LogP contribution in [0.4, 0.5) is 0 Å². The maximum Gasteiger partial charge on any atom is 0.288 e. The van der Waals surface area contributed by atoms with E-state index < -0.39 is 10.8 Å². The smallest absolute Gasteiger partial charge is 0.288 e. The predicted molar refractivity (Wildman–Crippen MR) is 61.7 cm³/mol. The summed E-state index contributed by atoms with van der Waals surface area (Å²) >= 11 is 0. The molecule has 5 heteroatoms. The van der Waals surface area contributed by atoms with Crippen molar-refractivity contribution < 1.29 is 8.63 Å². The van der Waals surface area contributed by atoms with Gasteiger partial charge in [0.1, 0.15) is 16.3 Å². The third-order valence-electron chi connectivity index (χ3n) is 2.76. The van der Waals surface area contributed by atoms with E-state index in [1.165, 1.54) is 0 Å². The van der Waals surface area contributed by atoms with Gasteiger partial charge in [0.2, 0.25) is 0 Å². The van der Waals surface area contributed by atoms with Crippen LogP contribution in [0, 0.1) is 0 Å². The third-order valence-corrected chi connectivity index (χ3v) is 4.29. The Morgan fingerprint density at radius 3 is 3.06 bits per heavy atom. The zero-order valence-electron chi connectivity index (χ0n) is 8.68. The molecule has 0 amide bonds. The number of para-hydroxylation sites is 2. The zero-order chi connectivity index (χ0) is 11.0. The summed E-state index contributed by atoms with van der Waals surface area (Å²) in [6.07, 6.45) is 0.922. The highest BCUT2D eigenvalue weighted by atomic mass is 32.2. The molecule has 84 valence electrons. The van der Waals surface area contributed by atoms with Gasteiger partial charge in [0, 0.05) is 6.54 Å². The fourth-order valence-corrected chi connectivity index (χ4v) is 3.14. The van der Waals surface area contributed by atoms with Crippen LogP contribution in [0.2, 0.25) is 0 Å². The summed E-state index contributed by atoms with van der Waals surface area (Å²) in [5.74, 6) is 0. The molecule has 0 aliphatic carbocycles. The van der Waals surface area contributed by atoms with Gasteiger partial charge in [0.25, 0.3) is 5.22 Å². The van der Waals surface area contributed by atoms with E-state index in [2.05, 4.69) is 10.3 Å². The normalized spacial score (nSPS) is 22.6. The summed E-state index contributed by atoms with van der Waals surface area (Å²) in [6, 6.07) is 7.49. The lowest BCUT2D eigenvalue weighted by atomic mass is 10.3. The van der Waals surface area contributed by atoms with Gasteiger partial charge >= 0.3 is 0 Å². The van der Waals surface area contributed by atoms with E-state index in [1.54, 1.807) is 0 Å². The van der Waals surface area contributed by atoms with Gasteiger partial charge in [-0.05, 0) is 25.1 Å². The van der Waals surface area contributed by atoms with E-state index in [4.69, 9.17) is 4.42 Å². The molecule has 0 saturated carbocycles. The van der Waals surface area contributed by atoms with Crippen LogP contribution < -0.4 is 5.32 Å². The molecule has 2 atom stereocenters. The lowest BCUT2D eigenvalue weighted by molar-refractivity contribution is 0.475. The maximum atomic E-state index is 12.1. The second kappa shape index (κ2) is 3.99. The van der Waals surface area contributed by atoms with Crippen molar-refractivity contribution in [2.75, 3.05) is 13.1 Å². The number of hydrogen-bond acceptors (Lipinski definition) is 4. The van der Waals surface area contributed by atoms with Crippen LogP contribution >= 0.6 is 0 Å². The molecular formula is C11H12N2O2S. The molecule has 1 aliphatic rings. The lowest BCUT2D eigenvalue weighted by Crippen LogP contribution is -2.18. The van der Waals surface area contributed by atoms with Crippen molar-refractivity contribution in [1.29, 1.82) is 0 Å². The van der Waals surface area contributed by atoms with Crippen molar-refractivity contribution in [3.05, 3.63) is 24.3 Å². The molecule has 0 radical (unpaired) electrons. The van der Waals surface area contributed by atoms with Gasteiger partial charge in [-0.3, -0.25) is 0 Å². The van der Waals surface area contributed by atoms with E-state index in [-0.39, 0.29) is 5.25 Å². The minimum Gasteiger partial charge on any atom is -0.430 e. The molecule has 0 unspecified atom stereocenters. The number of nitrogens with one attached hydrogen (secondary N) is 1. The van der Waals surface area contributed by atoms with E-state index >= 15 is 0 Å². The molecule has 16 heavy (non-hydrogen) atoms. The van der Waals surface area contributed by atoms with Gasteiger partial charge in [-0.25, -0.2) is 9.19 Å². The molecule has 1 N–H and O–H groups in total. The van der Waals surface area contributed by atoms with Crippen LogP contribution in [0.3, 0.4) is 0 Å². The maximum absolute atomic E-state index is 12.1. The van der Waals surface area contributed by atoms with Gasteiger partial charge in [-0.1, -0.05) is 12.1 Å². The molecule has 1 aromatic carbocycles. The molecule has 2 heterocycles. The first-order valence-electron chi connectivity index (χ1n) is 5.31. The Hall–Kier alpha value is -1.20. The van der Waals surface area contributed by atoms with Crippen LogP contribution in [0.1, 0.15) is 6.42 Å². The number of oxazole rings is 1. The van der Waals surface area contributed by atoms with Gasteiger partial charge in [-0.2, -0.15) is 0 Å². The Bertz CT molecular complexity index is 499. The van der Waals surface area contributed by atoms with Crippen molar-refractivity contribution in [3.63, 3.8) is 0 Å². The number of hydrogen-bond donors (Lipinski definition) is 1. The zero-order valence-corrected chi connectivity index (χ0v) is 9.50. The number of nitrogens with zero attached hydrogens (tertiary/aromatic N) is 1. The van der Waals surface area contributed by atoms with Crippen molar-refractivity contribution in [1.82, 2.24) is 10.3 Å². The highest BCUT2D eigenvalue weighted by molar-refractivity contribution is 7.85. The number of aromatic nitrogens is 1. The molecule has 1 saturated heterocycles. The van der Waals surface area contributed by atoms with E-state index in [9.17, 15) is 4.21 Å². The Kier molecular flexibility index (Phi) is 2.49. The summed E-state index contributed by atoms with van der Waals surface area (Å²) in [5, 5.41) is 3.68. The highest BCUT2D eigenvalue weighted by Crippen LogP contribution is 2.20. The molecule has 1 fully saturated rings. The quantitative estimate of drug-likeness (QED) is 0.854. The lowest BCUT2D eigenvalue weighted by Gasteiger charge is -2.02. The minimum atomic E-state index is -1.13. The van der Waals surface area contributed by atoms with Crippen molar-refractivity contribution in [3.8, 4) is 0 Å². The fraction of sp³-hybridized carbons (Fsp3) is 0.364. The van der Waals surface area contributed by atoms with Crippen LogP contribution in [-0.4, -0.2) is 27.5 Å². The van der Waals surface area contributed by atoms with Crippen molar-refractivity contribution in [2.45, 2.75) is 16.9 Å². The average Bonchev–Trinajstić information content (AvgIpc) is 2.97. The standard InChI is InChI=1S/C11H12N2O2S/c14-16(8-5-6-12-7-8)11-13-9-3-1-2-4-10(9)15-11/h1-4,8,12H,5-7H2/t8-,16-/m1/s1. The highest BCUT2D eigenvalue weighted by Gasteiger charge is 2.25. The molecule has 3 rings (SSSR count). The predicted octanol–water partition coefficient (Wildman–Crippen LogP) is 1.30. The molecular weight excluding hydrogens is 224 g/mol. The average molecular weight is 236 g/mol. The van der Waals surface area contributed by atoms with Crippen molar-refractivity contribution >= 4 is 21.9 Å². The molecule has 0 spiro atoms. The number of fused-ring (bicyclic) bond motifs is 1. The van der Waals surface area contributed by atoms with Crippen LogP contribution in [0.5, 0.6) is 0 Å². The Morgan fingerprint density at radius 1 is 1.44 bits per heavy atom. The molecule has 4 nitrogen and oxygen atoms in total. The largest absolute Gasteiger partial charge is 0.430 e. The van der Waals surface area contributed by atoms with Gasteiger partial charge in [0.05, 0.1) is 5.25 Å². The summed E-state index contributed by atoms with van der Waals surface area (Å²) in [5.41, 5.74) is 1.48. The van der Waals surface area contributed by atoms with E-state index in [0.717, 1.165) is 25.0 Å². The Labute approximate surface area is 95.5 Å². The number of benzene rings is 1. The summed E-state index contributed by atoms with van der Waals surface area (Å²) in [4.78, 5) is 4.26. The molecule has 0 bridgehead atoms. The first-order chi connectivity index (χ1) is 7.84. The Morgan fingerprint density at radius 2 is 2.31 bits per heavy atom. The van der Waals surface area contributed by atoms with E-state index in [1.807, 2.05) is 24.3 Å². The molecule has 1 aromatic heterocycles. The van der Waals surface area contributed by atoms with Crippen LogP contribution in [-0.2, 0) is 10.8 Å². The van der Waals surface area contributed by atoms with Crippen LogP contribution in [0.25, 0.3) is 11.1 Å².